The summed E-state index contributed by atoms with van der Waals surface area (Å²) in [7, 11) is 0. The van der Waals surface area contributed by atoms with Gasteiger partial charge in [-0.05, 0) is 40.6 Å². The predicted octanol–water partition coefficient (Wildman–Crippen LogP) is 2.24. The van der Waals surface area contributed by atoms with Crippen LogP contribution in [0.5, 0.6) is 0 Å². The van der Waals surface area contributed by atoms with Gasteiger partial charge in [-0.2, -0.15) is 0 Å². The molecule has 2 rings (SSSR count). The maximum atomic E-state index is 11.0. The molecule has 1 atom stereocenters. The zero-order valence-electron chi connectivity index (χ0n) is 7.09. The average molecular weight is 287 g/mol. The molecule has 2 nitrogen and oxygen atoms in total. The van der Waals surface area contributed by atoms with Crippen LogP contribution in [0.25, 0.3) is 0 Å². The Morgan fingerprint density at radius 1 is 1.38 bits per heavy atom. The molecule has 1 fully saturated rings. The van der Waals surface area contributed by atoms with Gasteiger partial charge >= 0.3 is 0 Å². The van der Waals surface area contributed by atoms with Gasteiger partial charge in [0.2, 0.25) is 5.91 Å². The second kappa shape index (κ2) is 3.65. The first-order valence-electron chi connectivity index (χ1n) is 4.31. The Morgan fingerprint density at radius 2 is 2.15 bits per heavy atom. The van der Waals surface area contributed by atoms with Gasteiger partial charge in [0.25, 0.3) is 0 Å². The van der Waals surface area contributed by atoms with Gasteiger partial charge in [0.1, 0.15) is 0 Å². The van der Waals surface area contributed by atoms with Crippen LogP contribution in [0.15, 0.2) is 24.3 Å². The van der Waals surface area contributed by atoms with Gasteiger partial charge in [0.15, 0.2) is 0 Å². The van der Waals surface area contributed by atoms with E-state index in [4.69, 9.17) is 0 Å². The number of carbonyl (C=O) groups is 1. The predicted molar refractivity (Wildman–Crippen MR) is 59.3 cm³/mol. The number of rotatable bonds is 1. The first-order valence-corrected chi connectivity index (χ1v) is 5.39. The van der Waals surface area contributed by atoms with E-state index >= 15 is 0 Å². The van der Waals surface area contributed by atoms with E-state index in [0.29, 0.717) is 6.42 Å². The summed E-state index contributed by atoms with van der Waals surface area (Å²) in [6.07, 6.45) is 1.59. The largest absolute Gasteiger partial charge is 0.349 e. The van der Waals surface area contributed by atoms with Gasteiger partial charge < -0.3 is 5.32 Å². The van der Waals surface area contributed by atoms with Crippen molar-refractivity contribution in [1.82, 2.24) is 5.32 Å². The maximum absolute atomic E-state index is 11.0. The minimum Gasteiger partial charge on any atom is -0.349 e. The second-order valence-electron chi connectivity index (χ2n) is 3.18. The molecule has 3 heteroatoms. The zero-order chi connectivity index (χ0) is 9.26. The third kappa shape index (κ3) is 1.85. The fourth-order valence-electron chi connectivity index (χ4n) is 1.61. The van der Waals surface area contributed by atoms with Crippen LogP contribution in [-0.4, -0.2) is 5.91 Å². The molecule has 0 aromatic heterocycles. The van der Waals surface area contributed by atoms with Crippen LogP contribution in [0.1, 0.15) is 24.4 Å². The minimum atomic E-state index is 0.171. The van der Waals surface area contributed by atoms with Gasteiger partial charge in [-0.3, -0.25) is 4.79 Å². The average Bonchev–Trinajstić information content (AvgIpc) is 2.53. The minimum absolute atomic E-state index is 0.171. The molecule has 0 aliphatic carbocycles. The molecule has 0 unspecified atom stereocenters. The summed E-state index contributed by atoms with van der Waals surface area (Å²) in [4.78, 5) is 11.0. The third-order valence-electron chi connectivity index (χ3n) is 2.28. The Morgan fingerprint density at radius 3 is 2.77 bits per heavy atom. The van der Waals surface area contributed by atoms with E-state index < -0.39 is 0 Å². The normalized spacial score (nSPS) is 21.6. The molecule has 0 radical (unpaired) electrons. The number of nitrogens with one attached hydrogen (secondary N) is 1. The summed E-state index contributed by atoms with van der Waals surface area (Å²) in [6.45, 7) is 0. The van der Waals surface area contributed by atoms with Gasteiger partial charge in [-0.1, -0.05) is 18.2 Å². The van der Waals surface area contributed by atoms with Crippen molar-refractivity contribution in [3.63, 3.8) is 0 Å². The lowest BCUT2D eigenvalue weighted by atomic mass is 10.1. The van der Waals surface area contributed by atoms with Crippen LogP contribution < -0.4 is 5.32 Å². The van der Waals surface area contributed by atoms with Crippen LogP contribution >= 0.6 is 22.6 Å². The Balaban J connectivity index is 2.26. The summed E-state index contributed by atoms with van der Waals surface area (Å²) >= 11 is 2.31. The molecular formula is C10H10INO. The van der Waals surface area contributed by atoms with Crippen LogP contribution in [-0.2, 0) is 4.79 Å². The molecule has 1 N–H and O–H groups in total. The fraction of sp³-hybridized carbons (Fsp3) is 0.300. The van der Waals surface area contributed by atoms with E-state index in [9.17, 15) is 4.79 Å². The molecule has 0 saturated carbocycles. The lowest BCUT2D eigenvalue weighted by Gasteiger charge is -2.11. The van der Waals surface area contributed by atoms with Crippen molar-refractivity contribution in [2.45, 2.75) is 18.9 Å². The van der Waals surface area contributed by atoms with Gasteiger partial charge in [0, 0.05) is 9.99 Å². The molecule has 1 heterocycles. The molecule has 1 amide bonds. The Labute approximate surface area is 90.9 Å². The standard InChI is InChI=1S/C10H10INO/c11-8-4-2-1-3-7(8)9-5-6-10(13)12-9/h1-4,9H,5-6H2,(H,12,13)/t9-/m1/s1. The lowest BCUT2D eigenvalue weighted by molar-refractivity contribution is -0.119. The molecule has 1 saturated heterocycles. The number of carbonyl (C=O) groups excluding carboxylic acids is 1. The number of amides is 1. The molecule has 1 aliphatic heterocycles. The molecule has 0 spiro atoms. The van der Waals surface area contributed by atoms with E-state index in [1.165, 1.54) is 9.13 Å². The van der Waals surface area contributed by atoms with Crippen molar-refractivity contribution in [2.75, 3.05) is 0 Å². The number of hydrogen-bond acceptors (Lipinski definition) is 1. The highest BCUT2D eigenvalue weighted by molar-refractivity contribution is 14.1. The molecule has 1 aromatic carbocycles. The highest BCUT2D eigenvalue weighted by Crippen LogP contribution is 2.27. The highest BCUT2D eigenvalue weighted by Gasteiger charge is 2.23. The highest BCUT2D eigenvalue weighted by atomic mass is 127. The second-order valence-corrected chi connectivity index (χ2v) is 4.34. The molecule has 1 aliphatic rings. The summed E-state index contributed by atoms with van der Waals surface area (Å²) in [5.41, 5.74) is 1.24. The van der Waals surface area contributed by atoms with Crippen molar-refractivity contribution in [2.24, 2.45) is 0 Å². The monoisotopic (exact) mass is 287 g/mol. The zero-order valence-corrected chi connectivity index (χ0v) is 9.24. The number of benzene rings is 1. The Hall–Kier alpha value is -0.580. The van der Waals surface area contributed by atoms with Crippen molar-refractivity contribution >= 4 is 28.5 Å². The van der Waals surface area contributed by atoms with Crippen LogP contribution in [0.4, 0.5) is 0 Å². The first-order chi connectivity index (χ1) is 6.27. The Kier molecular flexibility index (Phi) is 2.53. The van der Waals surface area contributed by atoms with Crippen LogP contribution in [0.2, 0.25) is 0 Å². The van der Waals surface area contributed by atoms with Crippen molar-refractivity contribution < 1.29 is 4.79 Å². The molecule has 0 bridgehead atoms. The fourth-order valence-corrected chi connectivity index (χ4v) is 2.37. The van der Waals surface area contributed by atoms with E-state index in [1.54, 1.807) is 0 Å². The van der Waals surface area contributed by atoms with Gasteiger partial charge in [0.05, 0.1) is 6.04 Å². The molecule has 1 aromatic rings. The number of halogens is 1. The summed E-state index contributed by atoms with van der Waals surface area (Å²) < 4.78 is 1.23. The Bertz CT molecular complexity index is 337. The molecule has 68 valence electrons. The SMILES string of the molecule is O=C1CC[C@H](c2ccccc2I)N1. The molecular weight excluding hydrogens is 277 g/mol. The first kappa shape index (κ1) is 8.99. The topological polar surface area (TPSA) is 29.1 Å². The molecule has 13 heavy (non-hydrogen) atoms. The smallest absolute Gasteiger partial charge is 0.220 e. The van der Waals surface area contributed by atoms with Crippen LogP contribution in [0.3, 0.4) is 0 Å². The van der Waals surface area contributed by atoms with Crippen molar-refractivity contribution in [3.8, 4) is 0 Å². The van der Waals surface area contributed by atoms with Crippen molar-refractivity contribution in [3.05, 3.63) is 33.4 Å². The quantitative estimate of drug-likeness (QED) is 0.789. The van der Waals surface area contributed by atoms with E-state index in [1.807, 2.05) is 12.1 Å². The summed E-state index contributed by atoms with van der Waals surface area (Å²) in [5, 5.41) is 2.97. The maximum Gasteiger partial charge on any atom is 0.220 e. The lowest BCUT2D eigenvalue weighted by Crippen LogP contribution is -2.18. The summed E-state index contributed by atoms with van der Waals surface area (Å²) in [6, 6.07) is 8.42. The van der Waals surface area contributed by atoms with Gasteiger partial charge in [-0.25, -0.2) is 0 Å². The van der Waals surface area contributed by atoms with E-state index in [2.05, 4.69) is 40.0 Å². The van der Waals surface area contributed by atoms with E-state index in [0.717, 1.165) is 6.42 Å². The van der Waals surface area contributed by atoms with Crippen LogP contribution in [0, 0.1) is 3.57 Å². The summed E-state index contributed by atoms with van der Waals surface area (Å²) in [5.74, 6) is 0.171. The van der Waals surface area contributed by atoms with Crippen molar-refractivity contribution in [1.29, 1.82) is 0 Å². The van der Waals surface area contributed by atoms with Gasteiger partial charge in [-0.15, -0.1) is 0 Å². The number of hydrogen-bond donors (Lipinski definition) is 1. The third-order valence-corrected chi connectivity index (χ3v) is 3.26. The van der Waals surface area contributed by atoms with E-state index in [-0.39, 0.29) is 11.9 Å².